The Morgan fingerprint density at radius 1 is 1.00 bits per heavy atom. The molecule has 2 aromatic carbocycles. The van der Waals surface area contributed by atoms with E-state index in [0.29, 0.717) is 23.6 Å². The first-order valence-corrected chi connectivity index (χ1v) is 8.75. The first-order valence-electron chi connectivity index (χ1n) is 8.75. The number of aryl methyl sites for hydroxylation is 1. The Morgan fingerprint density at radius 2 is 1.63 bits per heavy atom. The Labute approximate surface area is 157 Å². The van der Waals surface area contributed by atoms with Gasteiger partial charge in [0.2, 0.25) is 0 Å². The van der Waals surface area contributed by atoms with Crippen LogP contribution < -0.4 is 0 Å². The van der Waals surface area contributed by atoms with Crippen LogP contribution >= 0.6 is 0 Å². The molecule has 0 radical (unpaired) electrons. The van der Waals surface area contributed by atoms with Crippen LogP contribution in [0, 0.1) is 6.92 Å². The van der Waals surface area contributed by atoms with Gasteiger partial charge in [0.1, 0.15) is 11.5 Å². The molecule has 1 heterocycles. The van der Waals surface area contributed by atoms with Crippen LogP contribution in [0.25, 0.3) is 11.3 Å². The van der Waals surface area contributed by atoms with Gasteiger partial charge in [-0.05, 0) is 18.6 Å². The number of carbonyl (C=O) groups excluding carboxylic acids is 1. The summed E-state index contributed by atoms with van der Waals surface area (Å²) in [5, 5.41) is 9.03. The average Bonchev–Trinajstić information content (AvgIpc) is 3.07. The molecule has 0 aliphatic carbocycles. The molecule has 1 N–H and O–H groups in total. The number of carboxylic acids is 1. The Kier molecular flexibility index (Phi) is 5.71. The van der Waals surface area contributed by atoms with Gasteiger partial charge >= 0.3 is 5.97 Å². The van der Waals surface area contributed by atoms with Crippen molar-refractivity contribution >= 4 is 11.9 Å². The molecule has 0 unspecified atom stereocenters. The highest BCUT2D eigenvalue weighted by Gasteiger charge is 2.22. The molecule has 0 spiro atoms. The molecule has 3 aromatic rings. The molecule has 0 saturated heterocycles. The second-order valence-corrected chi connectivity index (χ2v) is 6.30. The van der Waals surface area contributed by atoms with Crippen LogP contribution in [0.15, 0.2) is 71.1 Å². The topological polar surface area (TPSA) is 70.8 Å². The van der Waals surface area contributed by atoms with Crippen molar-refractivity contribution in [3.05, 3.63) is 83.6 Å². The number of benzene rings is 2. The highest BCUT2D eigenvalue weighted by Crippen LogP contribution is 2.26. The number of nitrogens with zero attached hydrogens (tertiary/aromatic N) is 1. The lowest BCUT2D eigenvalue weighted by atomic mass is 10.1. The summed E-state index contributed by atoms with van der Waals surface area (Å²) in [4.78, 5) is 25.7. The summed E-state index contributed by atoms with van der Waals surface area (Å²) >= 11 is 0. The van der Waals surface area contributed by atoms with Crippen molar-refractivity contribution in [3.8, 4) is 11.3 Å². The lowest BCUT2D eigenvalue weighted by molar-refractivity contribution is -0.137. The third kappa shape index (κ3) is 4.64. The zero-order valence-corrected chi connectivity index (χ0v) is 15.1. The Bertz CT molecular complexity index is 916. The largest absolute Gasteiger partial charge is 0.481 e. The van der Waals surface area contributed by atoms with Gasteiger partial charge in [-0.15, -0.1) is 0 Å². The average molecular weight is 363 g/mol. The summed E-state index contributed by atoms with van der Waals surface area (Å²) in [7, 11) is 0. The van der Waals surface area contributed by atoms with Crippen molar-refractivity contribution in [1.82, 2.24) is 4.90 Å². The molecule has 0 aliphatic rings. The van der Waals surface area contributed by atoms with Gasteiger partial charge in [0.25, 0.3) is 5.91 Å². The minimum Gasteiger partial charge on any atom is -0.481 e. The van der Waals surface area contributed by atoms with Crippen molar-refractivity contribution in [2.24, 2.45) is 0 Å². The summed E-state index contributed by atoms with van der Waals surface area (Å²) in [5.74, 6) is -0.0279. The van der Waals surface area contributed by atoms with Gasteiger partial charge in [0, 0.05) is 18.7 Å². The van der Waals surface area contributed by atoms with Gasteiger partial charge in [-0.2, -0.15) is 0 Å². The lowest BCUT2D eigenvalue weighted by Gasteiger charge is -2.22. The van der Waals surface area contributed by atoms with Crippen LogP contribution in [0.1, 0.15) is 28.1 Å². The Balaban J connectivity index is 1.86. The molecule has 0 atom stereocenters. The van der Waals surface area contributed by atoms with E-state index in [1.807, 2.05) is 60.7 Å². The van der Waals surface area contributed by atoms with Gasteiger partial charge in [-0.1, -0.05) is 60.7 Å². The van der Waals surface area contributed by atoms with E-state index in [-0.39, 0.29) is 18.9 Å². The number of rotatable bonds is 7. The van der Waals surface area contributed by atoms with E-state index in [9.17, 15) is 9.59 Å². The minimum atomic E-state index is -0.935. The van der Waals surface area contributed by atoms with Crippen LogP contribution in [0.4, 0.5) is 0 Å². The molecule has 5 heteroatoms. The third-order valence-corrected chi connectivity index (χ3v) is 4.31. The van der Waals surface area contributed by atoms with Gasteiger partial charge in [-0.3, -0.25) is 9.59 Å². The van der Waals surface area contributed by atoms with E-state index >= 15 is 0 Å². The molecule has 0 fully saturated rings. The van der Waals surface area contributed by atoms with E-state index in [2.05, 4.69) is 0 Å². The van der Waals surface area contributed by atoms with E-state index in [0.717, 1.165) is 11.1 Å². The highest BCUT2D eigenvalue weighted by molar-refractivity contribution is 5.96. The number of hydrogen-bond acceptors (Lipinski definition) is 3. The number of carbonyl (C=O) groups is 2. The number of hydrogen-bond donors (Lipinski definition) is 1. The first-order chi connectivity index (χ1) is 13.0. The molecular formula is C22H21NO4. The number of amides is 1. The molecule has 27 heavy (non-hydrogen) atoms. The SMILES string of the molecule is Cc1oc(-c2ccccc2)cc1C(=O)N(CCC(=O)O)Cc1ccccc1. The summed E-state index contributed by atoms with van der Waals surface area (Å²) in [6, 6.07) is 20.8. The van der Waals surface area contributed by atoms with Crippen LogP contribution in [-0.2, 0) is 11.3 Å². The molecular weight excluding hydrogens is 342 g/mol. The maximum absolute atomic E-state index is 13.1. The molecule has 3 rings (SSSR count). The fourth-order valence-corrected chi connectivity index (χ4v) is 2.90. The van der Waals surface area contributed by atoms with Gasteiger partial charge in [0.15, 0.2) is 0 Å². The third-order valence-electron chi connectivity index (χ3n) is 4.31. The summed E-state index contributed by atoms with van der Waals surface area (Å²) in [5.41, 5.74) is 2.29. The predicted octanol–water partition coefficient (Wildman–Crippen LogP) is 4.37. The molecule has 1 aromatic heterocycles. The highest BCUT2D eigenvalue weighted by atomic mass is 16.4. The smallest absolute Gasteiger partial charge is 0.305 e. The van der Waals surface area contributed by atoms with Crippen molar-refractivity contribution in [2.45, 2.75) is 19.9 Å². The predicted molar refractivity (Wildman–Crippen MR) is 102 cm³/mol. The van der Waals surface area contributed by atoms with E-state index in [1.165, 1.54) is 0 Å². The van der Waals surface area contributed by atoms with Crippen LogP contribution in [0.2, 0.25) is 0 Å². The molecule has 138 valence electrons. The molecule has 5 nitrogen and oxygen atoms in total. The van der Waals surface area contributed by atoms with Crippen LogP contribution in [0.3, 0.4) is 0 Å². The molecule has 0 saturated carbocycles. The van der Waals surface area contributed by atoms with Gasteiger partial charge in [-0.25, -0.2) is 0 Å². The Morgan fingerprint density at radius 3 is 2.26 bits per heavy atom. The second kappa shape index (κ2) is 8.36. The zero-order chi connectivity index (χ0) is 19.2. The number of furan rings is 1. The molecule has 0 aliphatic heterocycles. The quantitative estimate of drug-likeness (QED) is 0.676. The Hall–Kier alpha value is -3.34. The lowest BCUT2D eigenvalue weighted by Crippen LogP contribution is -2.32. The monoisotopic (exact) mass is 363 g/mol. The van der Waals surface area contributed by atoms with Crippen molar-refractivity contribution in [3.63, 3.8) is 0 Å². The maximum atomic E-state index is 13.1. The van der Waals surface area contributed by atoms with Crippen molar-refractivity contribution < 1.29 is 19.1 Å². The summed E-state index contributed by atoms with van der Waals surface area (Å²) in [6.45, 7) is 2.23. The maximum Gasteiger partial charge on any atom is 0.305 e. The van der Waals surface area contributed by atoms with E-state index in [1.54, 1.807) is 17.9 Å². The summed E-state index contributed by atoms with van der Waals surface area (Å²) in [6.07, 6.45) is -0.110. The van der Waals surface area contributed by atoms with Crippen LogP contribution in [-0.4, -0.2) is 28.4 Å². The molecule has 1 amide bonds. The van der Waals surface area contributed by atoms with Crippen LogP contribution in [0.5, 0.6) is 0 Å². The normalized spacial score (nSPS) is 10.6. The number of aliphatic carboxylic acids is 1. The molecule has 0 bridgehead atoms. The standard InChI is InChI=1S/C22H21NO4/c1-16-19(14-20(27-16)18-10-6-3-7-11-18)22(26)23(13-12-21(24)25)15-17-8-4-2-5-9-17/h2-11,14H,12-13,15H2,1H3,(H,24,25). The fraction of sp³-hybridized carbons (Fsp3) is 0.182. The summed E-state index contributed by atoms with van der Waals surface area (Å²) < 4.78 is 5.78. The zero-order valence-electron chi connectivity index (χ0n) is 15.1. The first kappa shape index (κ1) is 18.5. The fourth-order valence-electron chi connectivity index (χ4n) is 2.90. The van der Waals surface area contributed by atoms with Crippen molar-refractivity contribution in [2.75, 3.05) is 6.54 Å². The van der Waals surface area contributed by atoms with E-state index in [4.69, 9.17) is 9.52 Å². The van der Waals surface area contributed by atoms with E-state index < -0.39 is 5.97 Å². The minimum absolute atomic E-state index is 0.110. The van der Waals surface area contributed by atoms with Gasteiger partial charge in [0.05, 0.1) is 12.0 Å². The van der Waals surface area contributed by atoms with Gasteiger partial charge < -0.3 is 14.4 Å². The second-order valence-electron chi connectivity index (χ2n) is 6.30. The number of carboxylic acid groups (broad SMARTS) is 1. The van der Waals surface area contributed by atoms with Crippen molar-refractivity contribution in [1.29, 1.82) is 0 Å².